The lowest BCUT2D eigenvalue weighted by Crippen LogP contribution is -2.19. The van der Waals surface area contributed by atoms with Crippen molar-refractivity contribution in [1.82, 2.24) is 10.2 Å². The second-order valence-electron chi connectivity index (χ2n) is 5.97. The minimum atomic E-state index is -0.395. The van der Waals surface area contributed by atoms with Crippen LogP contribution in [0.3, 0.4) is 0 Å². The van der Waals surface area contributed by atoms with E-state index in [0.29, 0.717) is 15.2 Å². The number of benzene rings is 2. The standard InChI is InChI=1S/C19H19N5O2S2/c1-12-7-9-14(10-8-12)20-17(26)22-18-23-24-19(28-18)27-11-16(25)21-15-6-4-3-5-13(15)2/h3-10H,11H2,1-2H3,(H,21,25)(H2,20,22,23,26). The summed E-state index contributed by atoms with van der Waals surface area (Å²) in [6.45, 7) is 3.92. The van der Waals surface area contributed by atoms with E-state index in [4.69, 9.17) is 0 Å². The van der Waals surface area contributed by atoms with Gasteiger partial charge in [0.05, 0.1) is 5.75 Å². The van der Waals surface area contributed by atoms with Crippen LogP contribution in [0.25, 0.3) is 0 Å². The van der Waals surface area contributed by atoms with Gasteiger partial charge < -0.3 is 10.6 Å². The molecule has 0 aliphatic heterocycles. The molecule has 0 aliphatic carbocycles. The van der Waals surface area contributed by atoms with E-state index in [9.17, 15) is 9.59 Å². The molecule has 0 saturated heterocycles. The van der Waals surface area contributed by atoms with Crippen LogP contribution in [0.5, 0.6) is 0 Å². The number of amides is 3. The number of aryl methyl sites for hydroxylation is 2. The average molecular weight is 414 g/mol. The van der Waals surface area contributed by atoms with Gasteiger partial charge in [-0.1, -0.05) is 59.0 Å². The minimum Gasteiger partial charge on any atom is -0.325 e. The quantitative estimate of drug-likeness (QED) is 0.408. The first-order valence-corrected chi connectivity index (χ1v) is 10.3. The van der Waals surface area contributed by atoms with Crippen LogP contribution in [0.2, 0.25) is 0 Å². The number of carbonyl (C=O) groups excluding carboxylic acids is 2. The van der Waals surface area contributed by atoms with Crippen molar-refractivity contribution in [3.05, 3.63) is 59.7 Å². The molecule has 3 aromatic rings. The number of aromatic nitrogens is 2. The molecule has 0 aliphatic rings. The molecule has 0 unspecified atom stereocenters. The van der Waals surface area contributed by atoms with Gasteiger partial charge in [-0.25, -0.2) is 4.79 Å². The Morgan fingerprint density at radius 2 is 1.71 bits per heavy atom. The number of urea groups is 1. The molecule has 3 rings (SSSR count). The van der Waals surface area contributed by atoms with E-state index >= 15 is 0 Å². The Morgan fingerprint density at radius 3 is 2.46 bits per heavy atom. The summed E-state index contributed by atoms with van der Waals surface area (Å²) < 4.78 is 0.602. The lowest BCUT2D eigenvalue weighted by Gasteiger charge is -2.06. The van der Waals surface area contributed by atoms with E-state index in [1.807, 2.05) is 62.4 Å². The van der Waals surface area contributed by atoms with Gasteiger partial charge in [-0.05, 0) is 37.6 Å². The maximum atomic E-state index is 12.1. The van der Waals surface area contributed by atoms with Crippen molar-refractivity contribution >= 4 is 51.5 Å². The van der Waals surface area contributed by atoms with E-state index in [-0.39, 0.29) is 11.7 Å². The molecule has 2 aromatic carbocycles. The minimum absolute atomic E-state index is 0.124. The predicted molar refractivity (Wildman–Crippen MR) is 114 cm³/mol. The third-order valence-electron chi connectivity index (χ3n) is 3.68. The highest BCUT2D eigenvalue weighted by molar-refractivity contribution is 8.01. The van der Waals surface area contributed by atoms with Gasteiger partial charge in [0.1, 0.15) is 0 Å². The average Bonchev–Trinajstić information content (AvgIpc) is 3.11. The summed E-state index contributed by atoms with van der Waals surface area (Å²) >= 11 is 2.48. The summed E-state index contributed by atoms with van der Waals surface area (Å²) in [5.41, 5.74) is 3.60. The van der Waals surface area contributed by atoms with Crippen molar-refractivity contribution in [3.8, 4) is 0 Å². The fourth-order valence-corrected chi connectivity index (χ4v) is 3.79. The Hall–Kier alpha value is -2.91. The van der Waals surface area contributed by atoms with Crippen molar-refractivity contribution in [2.45, 2.75) is 18.2 Å². The second-order valence-corrected chi connectivity index (χ2v) is 8.17. The molecule has 0 atom stereocenters. The first kappa shape index (κ1) is 19.8. The molecule has 0 bridgehead atoms. The van der Waals surface area contributed by atoms with Crippen LogP contribution in [0.1, 0.15) is 11.1 Å². The fourth-order valence-electron chi connectivity index (χ4n) is 2.24. The molecule has 1 aromatic heterocycles. The maximum Gasteiger partial charge on any atom is 0.325 e. The Morgan fingerprint density at radius 1 is 0.964 bits per heavy atom. The monoisotopic (exact) mass is 413 g/mol. The number of anilines is 3. The lowest BCUT2D eigenvalue weighted by molar-refractivity contribution is -0.113. The van der Waals surface area contributed by atoms with E-state index in [0.717, 1.165) is 16.8 Å². The molecule has 3 N–H and O–H groups in total. The first-order valence-electron chi connectivity index (χ1n) is 8.46. The lowest BCUT2D eigenvalue weighted by atomic mass is 10.2. The van der Waals surface area contributed by atoms with Gasteiger partial charge in [0.25, 0.3) is 0 Å². The number of hydrogen-bond acceptors (Lipinski definition) is 6. The number of nitrogens with one attached hydrogen (secondary N) is 3. The molecule has 0 spiro atoms. The number of para-hydroxylation sites is 1. The van der Waals surface area contributed by atoms with Crippen molar-refractivity contribution in [3.63, 3.8) is 0 Å². The fraction of sp³-hybridized carbons (Fsp3) is 0.158. The topological polar surface area (TPSA) is 96.0 Å². The summed E-state index contributed by atoms with van der Waals surface area (Å²) in [5.74, 6) is 0.0829. The zero-order valence-corrected chi connectivity index (χ0v) is 17.0. The van der Waals surface area contributed by atoms with Crippen molar-refractivity contribution < 1.29 is 9.59 Å². The third-order valence-corrected chi connectivity index (χ3v) is 5.65. The molecule has 1 heterocycles. The first-order chi connectivity index (χ1) is 13.5. The Kier molecular flexibility index (Phi) is 6.62. The molecule has 9 heteroatoms. The number of thioether (sulfide) groups is 1. The highest BCUT2D eigenvalue weighted by atomic mass is 32.2. The van der Waals surface area contributed by atoms with Gasteiger partial charge in [-0.3, -0.25) is 10.1 Å². The predicted octanol–water partition coefficient (Wildman–Crippen LogP) is 4.53. The zero-order chi connectivity index (χ0) is 19.9. The summed E-state index contributed by atoms with van der Waals surface area (Å²) in [7, 11) is 0. The van der Waals surface area contributed by atoms with Crippen LogP contribution in [0.15, 0.2) is 52.9 Å². The molecule has 0 fully saturated rings. The molecule has 0 radical (unpaired) electrons. The van der Waals surface area contributed by atoms with Crippen LogP contribution in [0.4, 0.5) is 21.3 Å². The largest absolute Gasteiger partial charge is 0.325 e. The summed E-state index contributed by atoms with van der Waals surface area (Å²) in [4.78, 5) is 24.1. The summed E-state index contributed by atoms with van der Waals surface area (Å²) in [5, 5.41) is 16.5. The molecule has 0 saturated carbocycles. The van der Waals surface area contributed by atoms with Crippen LogP contribution in [-0.4, -0.2) is 27.9 Å². The normalized spacial score (nSPS) is 10.4. The van der Waals surface area contributed by atoms with Crippen molar-refractivity contribution in [2.24, 2.45) is 0 Å². The van der Waals surface area contributed by atoms with Crippen molar-refractivity contribution in [2.75, 3.05) is 21.7 Å². The van der Waals surface area contributed by atoms with E-state index in [1.165, 1.54) is 23.1 Å². The highest BCUT2D eigenvalue weighted by Crippen LogP contribution is 2.26. The van der Waals surface area contributed by atoms with Gasteiger partial charge in [0.2, 0.25) is 11.0 Å². The Balaban J connectivity index is 1.47. The maximum absolute atomic E-state index is 12.1. The van der Waals surface area contributed by atoms with Crippen LogP contribution in [-0.2, 0) is 4.79 Å². The second kappa shape index (κ2) is 9.34. The van der Waals surface area contributed by atoms with Gasteiger partial charge in [0.15, 0.2) is 4.34 Å². The zero-order valence-electron chi connectivity index (χ0n) is 15.4. The molecular weight excluding hydrogens is 394 g/mol. The molecule has 7 nitrogen and oxygen atoms in total. The van der Waals surface area contributed by atoms with Crippen LogP contribution < -0.4 is 16.0 Å². The van der Waals surface area contributed by atoms with Gasteiger partial charge >= 0.3 is 6.03 Å². The molecule has 28 heavy (non-hydrogen) atoms. The van der Waals surface area contributed by atoms with Gasteiger partial charge in [0, 0.05) is 11.4 Å². The number of rotatable bonds is 6. The smallest absolute Gasteiger partial charge is 0.325 e. The van der Waals surface area contributed by atoms with Crippen LogP contribution >= 0.6 is 23.1 Å². The summed E-state index contributed by atoms with van der Waals surface area (Å²) in [6.07, 6.45) is 0. The number of hydrogen-bond donors (Lipinski definition) is 3. The van der Waals surface area contributed by atoms with Crippen LogP contribution in [0, 0.1) is 13.8 Å². The number of nitrogens with zero attached hydrogens (tertiary/aromatic N) is 2. The SMILES string of the molecule is Cc1ccc(NC(=O)Nc2nnc(SCC(=O)Nc3ccccc3C)s2)cc1. The third kappa shape index (κ3) is 5.80. The van der Waals surface area contributed by atoms with Crippen molar-refractivity contribution in [1.29, 1.82) is 0 Å². The van der Waals surface area contributed by atoms with Gasteiger partial charge in [-0.2, -0.15) is 0 Å². The van der Waals surface area contributed by atoms with E-state index in [2.05, 4.69) is 26.1 Å². The highest BCUT2D eigenvalue weighted by Gasteiger charge is 2.11. The van der Waals surface area contributed by atoms with E-state index in [1.54, 1.807) is 0 Å². The Labute approximate surface area is 171 Å². The van der Waals surface area contributed by atoms with E-state index < -0.39 is 6.03 Å². The molecule has 144 valence electrons. The summed E-state index contributed by atoms with van der Waals surface area (Å²) in [6, 6.07) is 14.7. The van der Waals surface area contributed by atoms with Gasteiger partial charge in [-0.15, -0.1) is 10.2 Å². The molecule has 3 amide bonds. The Bertz CT molecular complexity index is 972. The molecular formula is C19H19N5O2S2. The number of carbonyl (C=O) groups is 2.